The molecule has 0 bridgehead atoms. The van der Waals surface area contributed by atoms with Crippen molar-refractivity contribution in [1.82, 2.24) is 5.32 Å². The molecule has 0 aromatic heterocycles. The molecule has 0 radical (unpaired) electrons. The van der Waals surface area contributed by atoms with Crippen molar-refractivity contribution in [3.05, 3.63) is 0 Å². The molecule has 2 nitrogen and oxygen atoms in total. The first kappa shape index (κ1) is 14.3. The monoisotopic (exact) mass is 252 g/mol. The minimum Gasteiger partial charge on any atom is -0.328 e. The Balaban J connectivity index is 1.73. The Morgan fingerprint density at radius 1 is 1.00 bits per heavy atom. The minimum absolute atomic E-state index is 0.456. The third-order valence-electron chi connectivity index (χ3n) is 5.69. The lowest BCUT2D eigenvalue weighted by atomic mass is 9.69. The molecule has 2 unspecified atom stereocenters. The minimum atomic E-state index is 0.456. The van der Waals surface area contributed by atoms with Gasteiger partial charge >= 0.3 is 0 Å². The average Bonchev–Trinajstić information content (AvgIpc) is 2.75. The first-order valence-electron chi connectivity index (χ1n) is 8.03. The molecule has 0 aliphatic heterocycles. The molecule has 0 heterocycles. The van der Waals surface area contributed by atoms with Gasteiger partial charge in [0.25, 0.3) is 0 Å². The summed E-state index contributed by atoms with van der Waals surface area (Å²) in [6.07, 6.45) is 10.6. The van der Waals surface area contributed by atoms with Crippen LogP contribution in [0.3, 0.4) is 0 Å². The van der Waals surface area contributed by atoms with Crippen molar-refractivity contribution in [2.24, 2.45) is 17.1 Å². The van der Waals surface area contributed by atoms with E-state index in [1.54, 1.807) is 0 Å². The molecular weight excluding hydrogens is 220 g/mol. The standard InChI is InChI=1S/C16H32N2/c1-4-16(2,3)12-5-8-14(9-6-12)18-15-10-7-13(17)11-15/h12-15,18H,4-11,17H2,1-3H3. The summed E-state index contributed by atoms with van der Waals surface area (Å²) in [6, 6.07) is 1.93. The highest BCUT2D eigenvalue weighted by molar-refractivity contribution is 4.89. The van der Waals surface area contributed by atoms with E-state index >= 15 is 0 Å². The van der Waals surface area contributed by atoms with Gasteiger partial charge < -0.3 is 11.1 Å². The highest BCUT2D eigenvalue weighted by Gasteiger charge is 2.33. The molecular formula is C16H32N2. The van der Waals surface area contributed by atoms with E-state index in [-0.39, 0.29) is 0 Å². The summed E-state index contributed by atoms with van der Waals surface area (Å²) < 4.78 is 0. The Morgan fingerprint density at radius 2 is 1.61 bits per heavy atom. The zero-order chi connectivity index (χ0) is 13.2. The van der Waals surface area contributed by atoms with Gasteiger partial charge in [0.1, 0.15) is 0 Å². The Morgan fingerprint density at radius 3 is 2.11 bits per heavy atom. The molecule has 2 heteroatoms. The molecule has 3 N–H and O–H groups in total. The fourth-order valence-corrected chi connectivity index (χ4v) is 3.83. The van der Waals surface area contributed by atoms with E-state index < -0.39 is 0 Å². The van der Waals surface area contributed by atoms with Gasteiger partial charge in [0.2, 0.25) is 0 Å². The van der Waals surface area contributed by atoms with Crippen molar-refractivity contribution in [3.63, 3.8) is 0 Å². The van der Waals surface area contributed by atoms with Gasteiger partial charge in [-0.15, -0.1) is 0 Å². The molecule has 0 saturated heterocycles. The molecule has 18 heavy (non-hydrogen) atoms. The summed E-state index contributed by atoms with van der Waals surface area (Å²) in [5.41, 5.74) is 6.53. The van der Waals surface area contributed by atoms with Crippen LogP contribution in [0.1, 0.15) is 72.1 Å². The second-order valence-electron chi connectivity index (χ2n) is 7.33. The largest absolute Gasteiger partial charge is 0.328 e. The summed E-state index contributed by atoms with van der Waals surface area (Å²) in [7, 11) is 0. The maximum absolute atomic E-state index is 5.99. The molecule has 2 aliphatic rings. The predicted octanol–water partition coefficient (Wildman–Crippen LogP) is 3.45. The normalized spacial score (nSPS) is 38.0. The molecule has 2 aliphatic carbocycles. The Kier molecular flexibility index (Phi) is 4.71. The van der Waals surface area contributed by atoms with Crippen molar-refractivity contribution in [3.8, 4) is 0 Å². The number of rotatable bonds is 4. The third-order valence-corrected chi connectivity index (χ3v) is 5.69. The summed E-state index contributed by atoms with van der Waals surface area (Å²) in [5.74, 6) is 0.936. The molecule has 0 aromatic carbocycles. The van der Waals surface area contributed by atoms with Gasteiger partial charge in [-0.2, -0.15) is 0 Å². The number of nitrogens with two attached hydrogens (primary N) is 1. The van der Waals surface area contributed by atoms with E-state index in [1.807, 2.05) is 0 Å². The Bertz CT molecular complexity index is 254. The SMILES string of the molecule is CCC(C)(C)C1CCC(NC2CCC(N)C2)CC1. The first-order valence-corrected chi connectivity index (χ1v) is 8.03. The van der Waals surface area contributed by atoms with Crippen LogP contribution in [0.15, 0.2) is 0 Å². The van der Waals surface area contributed by atoms with Crippen molar-refractivity contribution >= 4 is 0 Å². The molecule has 2 fully saturated rings. The lowest BCUT2D eigenvalue weighted by Crippen LogP contribution is -2.41. The molecule has 2 saturated carbocycles. The molecule has 0 spiro atoms. The summed E-state index contributed by atoms with van der Waals surface area (Å²) in [4.78, 5) is 0. The fraction of sp³-hybridized carbons (Fsp3) is 1.00. The van der Waals surface area contributed by atoms with Crippen LogP contribution in [0.4, 0.5) is 0 Å². The third kappa shape index (κ3) is 3.48. The predicted molar refractivity (Wildman–Crippen MR) is 78.6 cm³/mol. The van der Waals surface area contributed by atoms with Gasteiger partial charge in [0.15, 0.2) is 0 Å². The van der Waals surface area contributed by atoms with Crippen LogP contribution >= 0.6 is 0 Å². The van der Waals surface area contributed by atoms with Gasteiger partial charge in [-0.25, -0.2) is 0 Å². The van der Waals surface area contributed by atoms with E-state index in [1.165, 1.54) is 51.4 Å². The zero-order valence-electron chi connectivity index (χ0n) is 12.5. The maximum Gasteiger partial charge on any atom is 0.00849 e. The lowest BCUT2D eigenvalue weighted by molar-refractivity contribution is 0.134. The van der Waals surface area contributed by atoms with E-state index in [0.29, 0.717) is 17.5 Å². The van der Waals surface area contributed by atoms with Gasteiger partial charge in [-0.1, -0.05) is 27.2 Å². The Labute approximate surface area is 113 Å². The smallest absolute Gasteiger partial charge is 0.00849 e. The van der Waals surface area contributed by atoms with Crippen LogP contribution < -0.4 is 11.1 Å². The lowest BCUT2D eigenvalue weighted by Gasteiger charge is -2.39. The summed E-state index contributed by atoms with van der Waals surface area (Å²) in [6.45, 7) is 7.23. The van der Waals surface area contributed by atoms with Gasteiger partial charge in [-0.05, 0) is 56.3 Å². The van der Waals surface area contributed by atoms with Crippen LogP contribution in [0.5, 0.6) is 0 Å². The van der Waals surface area contributed by atoms with Crippen LogP contribution in [0.2, 0.25) is 0 Å². The number of hydrogen-bond acceptors (Lipinski definition) is 2. The van der Waals surface area contributed by atoms with Crippen LogP contribution in [0, 0.1) is 11.3 Å². The van der Waals surface area contributed by atoms with E-state index in [9.17, 15) is 0 Å². The molecule has 0 amide bonds. The topological polar surface area (TPSA) is 38.0 Å². The molecule has 2 atom stereocenters. The van der Waals surface area contributed by atoms with Gasteiger partial charge in [-0.3, -0.25) is 0 Å². The summed E-state index contributed by atoms with van der Waals surface area (Å²) in [5, 5.41) is 3.86. The van der Waals surface area contributed by atoms with Crippen LogP contribution in [0.25, 0.3) is 0 Å². The quantitative estimate of drug-likeness (QED) is 0.804. The molecule has 106 valence electrons. The van der Waals surface area contributed by atoms with Crippen molar-refractivity contribution < 1.29 is 0 Å². The number of hydrogen-bond donors (Lipinski definition) is 2. The van der Waals surface area contributed by atoms with Gasteiger partial charge in [0.05, 0.1) is 0 Å². The van der Waals surface area contributed by atoms with E-state index in [2.05, 4.69) is 26.1 Å². The second-order valence-corrected chi connectivity index (χ2v) is 7.33. The number of nitrogens with one attached hydrogen (secondary N) is 1. The van der Waals surface area contributed by atoms with Gasteiger partial charge in [0, 0.05) is 18.1 Å². The van der Waals surface area contributed by atoms with Crippen LogP contribution in [-0.4, -0.2) is 18.1 Å². The molecule has 2 rings (SSSR count). The zero-order valence-corrected chi connectivity index (χ0v) is 12.5. The van der Waals surface area contributed by atoms with Crippen molar-refractivity contribution in [2.75, 3.05) is 0 Å². The average molecular weight is 252 g/mol. The highest BCUT2D eigenvalue weighted by Crippen LogP contribution is 2.40. The van der Waals surface area contributed by atoms with E-state index in [0.717, 1.165) is 12.0 Å². The van der Waals surface area contributed by atoms with E-state index in [4.69, 9.17) is 5.73 Å². The highest BCUT2D eigenvalue weighted by atomic mass is 15.0. The second kappa shape index (κ2) is 5.92. The maximum atomic E-state index is 5.99. The summed E-state index contributed by atoms with van der Waals surface area (Å²) >= 11 is 0. The molecule has 0 aromatic rings. The fourth-order valence-electron chi connectivity index (χ4n) is 3.83. The van der Waals surface area contributed by atoms with Crippen LogP contribution in [-0.2, 0) is 0 Å². The Hall–Kier alpha value is -0.0800. The first-order chi connectivity index (χ1) is 8.51. The van der Waals surface area contributed by atoms with Crippen molar-refractivity contribution in [1.29, 1.82) is 0 Å². The van der Waals surface area contributed by atoms with Crippen molar-refractivity contribution in [2.45, 2.75) is 90.3 Å².